The lowest BCUT2D eigenvalue weighted by Gasteiger charge is -2.25. The summed E-state index contributed by atoms with van der Waals surface area (Å²) in [5.74, 6) is 0.299. The van der Waals surface area contributed by atoms with Crippen LogP contribution in [0.2, 0.25) is 0 Å². The third-order valence-corrected chi connectivity index (χ3v) is 4.00. The number of nitrogens with zero attached hydrogens (tertiary/aromatic N) is 2. The Labute approximate surface area is 161 Å². The van der Waals surface area contributed by atoms with Gasteiger partial charge < -0.3 is 19.3 Å². The summed E-state index contributed by atoms with van der Waals surface area (Å²) < 4.78 is 10.9. The first kappa shape index (κ1) is 21.0. The highest BCUT2D eigenvalue weighted by molar-refractivity contribution is 5.93. The molecule has 0 saturated heterocycles. The van der Waals surface area contributed by atoms with Crippen molar-refractivity contribution < 1.29 is 19.1 Å². The second-order valence-electron chi connectivity index (χ2n) is 7.95. The predicted molar refractivity (Wildman–Crippen MR) is 106 cm³/mol. The van der Waals surface area contributed by atoms with Crippen LogP contribution in [0.5, 0.6) is 5.75 Å². The number of hydrogen-bond acceptors (Lipinski definition) is 5. The molecule has 6 nitrogen and oxygen atoms in total. The standard InChI is InChI=1S/C21H30N2O4/c1-21(2,3)27-20(25)15-23(12-11-22(4)5)19(24)9-7-16-6-8-18-17(14-16)10-13-26-18/h6-9,14H,10-13,15H2,1-5H3/b9-7+. The molecule has 148 valence electrons. The molecule has 0 aromatic heterocycles. The van der Waals surface area contributed by atoms with Crippen molar-refractivity contribution in [1.82, 2.24) is 9.80 Å². The van der Waals surface area contributed by atoms with Gasteiger partial charge in [-0.3, -0.25) is 9.59 Å². The maximum absolute atomic E-state index is 12.7. The summed E-state index contributed by atoms with van der Waals surface area (Å²) in [6.45, 7) is 7.20. The number of amides is 1. The first-order valence-electron chi connectivity index (χ1n) is 9.23. The molecule has 6 heteroatoms. The fourth-order valence-corrected chi connectivity index (χ4v) is 2.70. The lowest BCUT2D eigenvalue weighted by atomic mass is 10.1. The summed E-state index contributed by atoms with van der Waals surface area (Å²) in [4.78, 5) is 28.3. The van der Waals surface area contributed by atoms with Crippen LogP contribution in [0.25, 0.3) is 6.08 Å². The molecule has 1 heterocycles. The van der Waals surface area contributed by atoms with Crippen LogP contribution in [-0.4, -0.2) is 67.6 Å². The molecule has 0 atom stereocenters. The van der Waals surface area contributed by atoms with Crippen LogP contribution in [0.1, 0.15) is 31.9 Å². The third kappa shape index (κ3) is 7.06. The van der Waals surface area contributed by atoms with Crippen molar-refractivity contribution in [3.05, 3.63) is 35.4 Å². The Morgan fingerprint density at radius 2 is 1.96 bits per heavy atom. The summed E-state index contributed by atoms with van der Waals surface area (Å²) in [5, 5.41) is 0. The van der Waals surface area contributed by atoms with Crippen LogP contribution in [0.15, 0.2) is 24.3 Å². The van der Waals surface area contributed by atoms with E-state index in [9.17, 15) is 9.59 Å². The van der Waals surface area contributed by atoms with Crippen molar-refractivity contribution in [2.45, 2.75) is 32.8 Å². The maximum atomic E-state index is 12.7. The van der Waals surface area contributed by atoms with Crippen LogP contribution < -0.4 is 4.74 Å². The largest absolute Gasteiger partial charge is 0.493 e. The van der Waals surface area contributed by atoms with Gasteiger partial charge in [-0.1, -0.05) is 6.07 Å². The van der Waals surface area contributed by atoms with Gasteiger partial charge in [-0.2, -0.15) is 0 Å². The molecular weight excluding hydrogens is 344 g/mol. The van der Waals surface area contributed by atoms with Crippen molar-refractivity contribution in [2.75, 3.05) is 40.3 Å². The second kappa shape index (κ2) is 9.04. The molecule has 0 bridgehead atoms. The minimum absolute atomic E-state index is 0.0632. The van der Waals surface area contributed by atoms with Crippen LogP contribution in [-0.2, 0) is 20.7 Å². The zero-order valence-corrected chi connectivity index (χ0v) is 16.9. The third-order valence-electron chi connectivity index (χ3n) is 4.00. The molecule has 0 radical (unpaired) electrons. The van der Waals surface area contributed by atoms with Gasteiger partial charge in [-0.15, -0.1) is 0 Å². The predicted octanol–water partition coefficient (Wildman–Crippen LogP) is 2.37. The molecule has 0 saturated carbocycles. The van der Waals surface area contributed by atoms with E-state index in [0.717, 1.165) is 23.3 Å². The van der Waals surface area contributed by atoms with E-state index in [2.05, 4.69) is 0 Å². The normalized spacial score (nSPS) is 13.6. The van der Waals surface area contributed by atoms with E-state index in [1.165, 1.54) is 11.0 Å². The smallest absolute Gasteiger partial charge is 0.326 e. The molecule has 0 N–H and O–H groups in total. The van der Waals surface area contributed by atoms with E-state index in [-0.39, 0.29) is 12.5 Å². The lowest BCUT2D eigenvalue weighted by Crippen LogP contribution is -2.41. The van der Waals surface area contributed by atoms with Gasteiger partial charge in [0.1, 0.15) is 17.9 Å². The molecule has 0 aliphatic carbocycles. The first-order valence-corrected chi connectivity index (χ1v) is 9.23. The number of carbonyl (C=O) groups is 2. The van der Waals surface area contributed by atoms with E-state index >= 15 is 0 Å². The Morgan fingerprint density at radius 1 is 1.22 bits per heavy atom. The number of hydrogen-bond donors (Lipinski definition) is 0. The summed E-state index contributed by atoms with van der Waals surface area (Å²) in [5.41, 5.74) is 1.52. The maximum Gasteiger partial charge on any atom is 0.326 e. The average molecular weight is 374 g/mol. The molecule has 0 spiro atoms. The topological polar surface area (TPSA) is 59.1 Å². The molecule has 0 unspecified atom stereocenters. The zero-order valence-electron chi connectivity index (χ0n) is 16.9. The molecule has 2 rings (SSSR count). The zero-order chi connectivity index (χ0) is 20.0. The van der Waals surface area contributed by atoms with Gasteiger partial charge in [0.25, 0.3) is 0 Å². The van der Waals surface area contributed by atoms with Crippen molar-refractivity contribution in [2.24, 2.45) is 0 Å². The van der Waals surface area contributed by atoms with E-state index < -0.39 is 11.6 Å². The van der Waals surface area contributed by atoms with Gasteiger partial charge >= 0.3 is 5.97 Å². The SMILES string of the molecule is CN(C)CCN(CC(=O)OC(C)(C)C)C(=O)/C=C/c1ccc2c(c1)CCO2. The number of benzene rings is 1. The Bertz CT molecular complexity index is 705. The molecule has 27 heavy (non-hydrogen) atoms. The molecule has 1 aliphatic heterocycles. The van der Waals surface area contributed by atoms with E-state index in [4.69, 9.17) is 9.47 Å². The van der Waals surface area contributed by atoms with Gasteiger partial charge in [0, 0.05) is 25.6 Å². The number of likely N-dealkylation sites (N-methyl/N-ethyl adjacent to an activating group) is 1. The summed E-state index contributed by atoms with van der Waals surface area (Å²) in [6.07, 6.45) is 4.18. The highest BCUT2D eigenvalue weighted by Gasteiger charge is 2.21. The Kier molecular flexibility index (Phi) is 7.02. The van der Waals surface area contributed by atoms with Gasteiger partial charge in [-0.05, 0) is 64.2 Å². The van der Waals surface area contributed by atoms with Gasteiger partial charge in [-0.25, -0.2) is 0 Å². The number of ether oxygens (including phenoxy) is 2. The van der Waals surface area contributed by atoms with E-state index in [1.54, 1.807) is 6.08 Å². The Balaban J connectivity index is 2.04. The van der Waals surface area contributed by atoms with Crippen LogP contribution >= 0.6 is 0 Å². The van der Waals surface area contributed by atoms with E-state index in [0.29, 0.717) is 19.7 Å². The van der Waals surface area contributed by atoms with Crippen LogP contribution in [0, 0.1) is 0 Å². The highest BCUT2D eigenvalue weighted by atomic mass is 16.6. The van der Waals surface area contributed by atoms with Crippen molar-refractivity contribution >= 4 is 18.0 Å². The average Bonchev–Trinajstić information content (AvgIpc) is 3.02. The fraction of sp³-hybridized carbons (Fsp3) is 0.524. The molecular formula is C21H30N2O4. The quantitative estimate of drug-likeness (QED) is 0.542. The van der Waals surface area contributed by atoms with Crippen LogP contribution in [0.4, 0.5) is 0 Å². The van der Waals surface area contributed by atoms with Gasteiger partial charge in [0.15, 0.2) is 0 Å². The fourth-order valence-electron chi connectivity index (χ4n) is 2.70. The minimum atomic E-state index is -0.574. The number of esters is 1. The molecule has 1 aromatic carbocycles. The van der Waals surface area contributed by atoms with Crippen molar-refractivity contribution in [3.63, 3.8) is 0 Å². The van der Waals surface area contributed by atoms with E-state index in [1.807, 2.05) is 58.0 Å². The molecule has 1 aromatic rings. The number of fused-ring (bicyclic) bond motifs is 1. The number of carbonyl (C=O) groups excluding carboxylic acids is 2. The highest BCUT2D eigenvalue weighted by Crippen LogP contribution is 2.26. The second-order valence-corrected chi connectivity index (χ2v) is 7.95. The lowest BCUT2D eigenvalue weighted by molar-refractivity contribution is -0.158. The molecule has 0 fully saturated rings. The van der Waals surface area contributed by atoms with Crippen molar-refractivity contribution in [3.8, 4) is 5.75 Å². The van der Waals surface area contributed by atoms with Gasteiger partial charge in [0.2, 0.25) is 5.91 Å². The van der Waals surface area contributed by atoms with Crippen LogP contribution in [0.3, 0.4) is 0 Å². The first-order chi connectivity index (χ1) is 12.6. The van der Waals surface area contributed by atoms with Gasteiger partial charge in [0.05, 0.1) is 6.61 Å². The number of rotatable bonds is 7. The molecule has 1 aliphatic rings. The molecule has 1 amide bonds. The summed E-state index contributed by atoms with van der Waals surface area (Å²) >= 11 is 0. The summed E-state index contributed by atoms with van der Waals surface area (Å²) in [7, 11) is 3.86. The minimum Gasteiger partial charge on any atom is -0.493 e. The summed E-state index contributed by atoms with van der Waals surface area (Å²) in [6, 6.07) is 5.88. The van der Waals surface area contributed by atoms with Crippen molar-refractivity contribution in [1.29, 1.82) is 0 Å². The Morgan fingerprint density at radius 3 is 2.63 bits per heavy atom. The monoisotopic (exact) mass is 374 g/mol. The Hall–Kier alpha value is -2.34.